The third kappa shape index (κ3) is 5.61. The summed E-state index contributed by atoms with van der Waals surface area (Å²) >= 11 is 0. The number of rotatable bonds is 5. The van der Waals surface area contributed by atoms with E-state index in [-0.39, 0.29) is 42.6 Å². The minimum absolute atomic E-state index is 0. The van der Waals surface area contributed by atoms with Crippen molar-refractivity contribution in [1.29, 1.82) is 0 Å². The van der Waals surface area contributed by atoms with Crippen molar-refractivity contribution in [2.24, 2.45) is 11.5 Å². The summed E-state index contributed by atoms with van der Waals surface area (Å²) in [6.45, 7) is 1.15. The van der Waals surface area contributed by atoms with Crippen LogP contribution in [0, 0.1) is 0 Å². The smallest absolute Gasteiger partial charge is 0.542 e. The van der Waals surface area contributed by atoms with Gasteiger partial charge in [-0.3, -0.25) is 9.23 Å². The summed E-state index contributed by atoms with van der Waals surface area (Å²) in [6, 6.07) is -1.81. The predicted octanol–water partition coefficient (Wildman–Crippen LogP) is -5.33. The normalized spacial score (nSPS) is 20.3. The fourth-order valence-corrected chi connectivity index (χ4v) is 3.36. The second-order valence-electron chi connectivity index (χ2n) is 5.81. The number of hydrogen-bond donors (Lipinski definition) is 3. The Labute approximate surface area is 189 Å². The number of carboxylic acid groups (broad SMARTS) is 1. The van der Waals surface area contributed by atoms with Gasteiger partial charge in [-0.1, -0.05) is 0 Å². The molecule has 2 atom stereocenters. The summed E-state index contributed by atoms with van der Waals surface area (Å²) in [7, 11) is -4.81. The molecule has 0 unspecified atom stereocenters. The van der Waals surface area contributed by atoms with Crippen LogP contribution in [0.5, 0.6) is 0 Å². The van der Waals surface area contributed by atoms with Crippen molar-refractivity contribution in [3.63, 3.8) is 0 Å². The fraction of sp³-hybridized carbons (Fsp3) is 0.583. The number of hydrogen-bond acceptors (Lipinski definition) is 9. The van der Waals surface area contributed by atoms with Gasteiger partial charge in [0.15, 0.2) is 0 Å². The quantitative estimate of drug-likeness (QED) is 0.277. The van der Waals surface area contributed by atoms with Crippen molar-refractivity contribution in [2.45, 2.75) is 24.8 Å². The Morgan fingerprint density at radius 2 is 1.97 bits per heavy atom. The van der Waals surface area contributed by atoms with Gasteiger partial charge in [0, 0.05) is 18.7 Å². The zero-order valence-corrected chi connectivity index (χ0v) is 18.3. The number of aliphatic carboxylic acids is 1. The molecule has 5 N–H and O–H groups in total. The van der Waals surface area contributed by atoms with Gasteiger partial charge in [0.05, 0.1) is 31.0 Å². The number of hydroxylamine groups is 2. The average Bonchev–Trinajstić information content (AvgIpc) is 3.11. The van der Waals surface area contributed by atoms with Gasteiger partial charge in [0.1, 0.15) is 12.0 Å². The molecule has 1 saturated heterocycles. The summed E-state index contributed by atoms with van der Waals surface area (Å²) in [5.74, 6) is -3.01. The van der Waals surface area contributed by atoms with Crippen LogP contribution in [-0.4, -0.2) is 70.5 Å². The summed E-state index contributed by atoms with van der Waals surface area (Å²) < 4.78 is 68.4. The molecule has 2 aliphatic rings. The van der Waals surface area contributed by atoms with Crippen molar-refractivity contribution in [3.8, 4) is 0 Å². The summed E-state index contributed by atoms with van der Waals surface area (Å²) in [5, 5.41) is 13.6. The van der Waals surface area contributed by atoms with Gasteiger partial charge in [0.2, 0.25) is 0 Å². The maximum Gasteiger partial charge on any atom is 1.00 e. The number of carboxylic acids is 1. The molecule has 3 rings (SSSR count). The second-order valence-corrected chi connectivity index (χ2v) is 6.82. The molecule has 2 aliphatic heterocycles. The first-order chi connectivity index (χ1) is 13.3. The molecule has 13 nitrogen and oxygen atoms in total. The largest absolute Gasteiger partial charge is 1.00 e. The van der Waals surface area contributed by atoms with Crippen LogP contribution in [0.2, 0.25) is 0 Å². The van der Waals surface area contributed by atoms with E-state index in [2.05, 4.69) is 9.38 Å². The molecule has 0 spiro atoms. The van der Waals surface area contributed by atoms with E-state index in [1.807, 2.05) is 0 Å². The van der Waals surface area contributed by atoms with Crippen molar-refractivity contribution >= 4 is 22.4 Å². The molecular weight excluding hydrogens is 452 g/mol. The third-order valence-corrected chi connectivity index (χ3v) is 4.37. The molecular formula is C12H16F3N6NaO7S. The van der Waals surface area contributed by atoms with Gasteiger partial charge < -0.3 is 26.3 Å². The minimum atomic E-state index is -5.19. The van der Waals surface area contributed by atoms with Gasteiger partial charge in [-0.05, 0) is 0 Å². The van der Waals surface area contributed by atoms with Gasteiger partial charge in [-0.15, -0.1) is 4.28 Å². The molecule has 3 heterocycles. The molecule has 2 bridgehead atoms. The van der Waals surface area contributed by atoms with Crippen LogP contribution in [0.15, 0.2) is 6.20 Å². The Kier molecular flexibility index (Phi) is 8.65. The van der Waals surface area contributed by atoms with Crippen molar-refractivity contribution in [2.75, 3.05) is 19.6 Å². The summed E-state index contributed by atoms with van der Waals surface area (Å²) in [6.07, 6.45) is -3.66. The number of alkyl halides is 3. The Morgan fingerprint density at radius 3 is 2.40 bits per heavy atom. The number of nitrogens with zero attached hydrogens (tertiary/aromatic N) is 4. The van der Waals surface area contributed by atoms with E-state index in [0.717, 1.165) is 0 Å². The molecule has 1 aromatic rings. The molecule has 0 radical (unpaired) electrons. The number of fused-ring (bicyclic) bond motifs is 4. The number of carbonyl (C=O) groups excluding carboxylic acids is 2. The van der Waals surface area contributed by atoms with Crippen LogP contribution in [0.4, 0.5) is 18.0 Å². The van der Waals surface area contributed by atoms with Gasteiger partial charge >= 0.3 is 52.2 Å². The van der Waals surface area contributed by atoms with Crippen LogP contribution >= 0.6 is 0 Å². The van der Waals surface area contributed by atoms with E-state index in [9.17, 15) is 26.4 Å². The molecule has 0 aliphatic carbocycles. The zero-order chi connectivity index (χ0) is 22.1. The van der Waals surface area contributed by atoms with Gasteiger partial charge in [-0.2, -0.15) is 31.8 Å². The van der Waals surface area contributed by atoms with Crippen LogP contribution in [0.25, 0.3) is 0 Å². The van der Waals surface area contributed by atoms with Crippen molar-refractivity contribution in [1.82, 2.24) is 19.7 Å². The number of amides is 2. The van der Waals surface area contributed by atoms with Crippen LogP contribution in [0.3, 0.4) is 0 Å². The average molecular weight is 468 g/mol. The minimum Gasteiger partial charge on any atom is -0.542 e. The van der Waals surface area contributed by atoms with Gasteiger partial charge in [0.25, 0.3) is 0 Å². The summed E-state index contributed by atoms with van der Waals surface area (Å²) in [5.41, 5.74) is 12.7. The van der Waals surface area contributed by atoms with E-state index >= 15 is 0 Å². The monoisotopic (exact) mass is 468 g/mol. The Hall–Kier alpha value is -1.47. The zero-order valence-electron chi connectivity index (χ0n) is 15.4. The van der Waals surface area contributed by atoms with Crippen LogP contribution in [0.1, 0.15) is 23.3 Å². The fourth-order valence-electron chi connectivity index (χ4n) is 2.99. The Balaban J connectivity index is 0.000000489. The van der Waals surface area contributed by atoms with Crippen molar-refractivity contribution < 1.29 is 74.7 Å². The van der Waals surface area contributed by atoms with E-state index in [1.54, 1.807) is 4.68 Å². The Morgan fingerprint density at radius 1 is 1.40 bits per heavy atom. The molecule has 2 amide bonds. The molecule has 0 saturated carbocycles. The predicted molar refractivity (Wildman–Crippen MR) is 83.5 cm³/mol. The number of halogens is 3. The van der Waals surface area contributed by atoms with Gasteiger partial charge in [-0.25, -0.2) is 4.79 Å². The maximum atomic E-state index is 12.3. The molecule has 30 heavy (non-hydrogen) atoms. The number of carbonyl (C=O) groups is 2. The van der Waals surface area contributed by atoms with E-state index in [1.165, 1.54) is 11.1 Å². The first-order valence-electron chi connectivity index (χ1n) is 7.82. The third-order valence-electron chi connectivity index (χ3n) is 4.02. The van der Waals surface area contributed by atoms with Crippen LogP contribution < -0.4 is 46.1 Å². The standard InChI is InChI=1S/C10H16N6O5S.C2HF3O2.Na/c11-1-2-15-9-6(4-13-15)8-5-14(7(9)3-12)10(17)16(8)21-22(18,19)20;3-2(4,5)1(6)7;/h4,7-8H,1-3,5,11-12H2,(H,18,19,20);(H,6,7);/q;;+1/p-1/t7-,8-;;/m1../s1. The molecule has 18 heteroatoms. The SMILES string of the molecule is NCCn1ncc2c1[C@@H](CN)N1C[C@H]2N(OS(=O)(=O)O)C1=O.O=C([O-])C(F)(F)F.[Na+]. The van der Waals surface area contributed by atoms with Crippen LogP contribution in [-0.2, 0) is 26.0 Å². The number of urea groups is 1. The van der Waals surface area contributed by atoms with E-state index in [4.69, 9.17) is 25.9 Å². The molecule has 1 aromatic heterocycles. The second kappa shape index (κ2) is 9.77. The maximum absolute atomic E-state index is 12.3. The molecule has 164 valence electrons. The Bertz CT molecular complexity index is 895. The topological polar surface area (TPSA) is 197 Å². The first kappa shape index (κ1) is 26.6. The number of nitrogens with two attached hydrogens (primary N) is 2. The van der Waals surface area contributed by atoms with E-state index < -0.39 is 40.7 Å². The van der Waals surface area contributed by atoms with E-state index in [0.29, 0.717) is 29.4 Å². The first-order valence-corrected chi connectivity index (χ1v) is 9.19. The molecule has 0 aromatic carbocycles. The number of aromatic nitrogens is 2. The molecule has 1 fully saturated rings. The van der Waals surface area contributed by atoms with Crippen molar-refractivity contribution in [3.05, 3.63) is 17.5 Å². The summed E-state index contributed by atoms with van der Waals surface area (Å²) in [4.78, 5) is 22.5.